The highest BCUT2D eigenvalue weighted by atomic mass is 16.5. The molecule has 34 heavy (non-hydrogen) atoms. The number of rotatable bonds is 9. The first kappa shape index (κ1) is 23.6. The van der Waals surface area contributed by atoms with Crippen molar-refractivity contribution in [1.82, 2.24) is 20.5 Å². The van der Waals surface area contributed by atoms with Crippen LogP contribution in [0.2, 0.25) is 0 Å². The normalized spacial score (nSPS) is 22.6. The molecule has 2 aromatic rings. The Bertz CT molecular complexity index is 1120. The Morgan fingerprint density at radius 2 is 2.21 bits per heavy atom. The lowest BCUT2D eigenvalue weighted by Gasteiger charge is -2.47. The van der Waals surface area contributed by atoms with Gasteiger partial charge in [-0.2, -0.15) is 5.26 Å². The fraction of sp³-hybridized carbons (Fsp3) is 0.520. The average molecular weight is 466 g/mol. The van der Waals surface area contributed by atoms with Crippen LogP contribution in [0.25, 0.3) is 10.9 Å². The van der Waals surface area contributed by atoms with E-state index in [-0.39, 0.29) is 36.0 Å². The van der Waals surface area contributed by atoms with Crippen LogP contribution in [0, 0.1) is 23.2 Å². The fourth-order valence-electron chi connectivity index (χ4n) is 4.99. The quantitative estimate of drug-likeness (QED) is 0.524. The second-order valence-electron chi connectivity index (χ2n) is 9.11. The molecule has 0 aliphatic carbocycles. The number of H-pyrrole nitrogens is 1. The summed E-state index contributed by atoms with van der Waals surface area (Å²) in [4.78, 5) is 43.2. The average Bonchev–Trinajstić information content (AvgIpc) is 3.43. The number of nitrogens with zero attached hydrogens (tertiary/aromatic N) is 2. The maximum atomic E-state index is 13.4. The number of unbranched alkanes of at least 4 members (excludes halogenated alkanes) is 1. The molecule has 3 N–H and O–H groups in total. The van der Waals surface area contributed by atoms with Crippen LogP contribution in [-0.2, 0) is 9.59 Å². The van der Waals surface area contributed by atoms with E-state index in [2.05, 4.69) is 28.6 Å². The molecular weight excluding hydrogens is 434 g/mol. The first-order valence-electron chi connectivity index (χ1n) is 11.9. The van der Waals surface area contributed by atoms with Crippen molar-refractivity contribution in [3.05, 3.63) is 30.0 Å². The van der Waals surface area contributed by atoms with Gasteiger partial charge in [0.2, 0.25) is 11.8 Å². The Morgan fingerprint density at radius 3 is 2.88 bits per heavy atom. The molecule has 2 aliphatic heterocycles. The molecule has 0 spiro atoms. The molecule has 2 aliphatic rings. The van der Waals surface area contributed by atoms with Crippen molar-refractivity contribution in [1.29, 1.82) is 5.26 Å². The van der Waals surface area contributed by atoms with E-state index in [4.69, 9.17) is 4.74 Å². The van der Waals surface area contributed by atoms with Crippen molar-refractivity contribution in [3.8, 4) is 11.8 Å². The molecule has 9 nitrogen and oxygen atoms in total. The molecule has 4 rings (SSSR count). The molecule has 2 saturated heterocycles. The van der Waals surface area contributed by atoms with Crippen LogP contribution in [0.1, 0.15) is 49.5 Å². The van der Waals surface area contributed by atoms with Gasteiger partial charge >= 0.3 is 0 Å². The van der Waals surface area contributed by atoms with Gasteiger partial charge in [-0.15, -0.1) is 0 Å². The number of amides is 3. The molecule has 0 bridgehead atoms. The highest BCUT2D eigenvalue weighted by Crippen LogP contribution is 2.33. The van der Waals surface area contributed by atoms with Gasteiger partial charge in [0, 0.05) is 35.8 Å². The van der Waals surface area contributed by atoms with Gasteiger partial charge in [0.1, 0.15) is 23.5 Å². The Kier molecular flexibility index (Phi) is 7.06. The van der Waals surface area contributed by atoms with E-state index in [1.165, 1.54) is 0 Å². The van der Waals surface area contributed by atoms with Gasteiger partial charge in [-0.1, -0.05) is 25.8 Å². The van der Waals surface area contributed by atoms with Crippen molar-refractivity contribution in [2.24, 2.45) is 11.8 Å². The lowest BCUT2D eigenvalue weighted by atomic mass is 9.83. The van der Waals surface area contributed by atoms with E-state index in [9.17, 15) is 19.6 Å². The van der Waals surface area contributed by atoms with Gasteiger partial charge in [-0.25, -0.2) is 0 Å². The third-order valence-electron chi connectivity index (χ3n) is 6.90. The van der Waals surface area contributed by atoms with Gasteiger partial charge in [0.05, 0.1) is 13.2 Å². The number of aromatic amines is 1. The largest absolute Gasteiger partial charge is 0.496 e. The standard InChI is InChI=1S/C25H31N5O4/c1-3-4-6-16-14-30(25(33)20-12-18-19(29-20)7-5-8-21(18)34-2)22(16)24(32)28-17(13-26)11-15-9-10-27-23(15)31/h5,7-8,12,15-17,22,29H,3-4,6,9-11,14H2,1-2H3,(H,27,31)(H,28,32)/t15-,16-,17-,22-/m0/s1. The molecule has 4 atom stereocenters. The van der Waals surface area contributed by atoms with Crippen LogP contribution in [0.4, 0.5) is 0 Å². The molecule has 180 valence electrons. The maximum absolute atomic E-state index is 13.4. The van der Waals surface area contributed by atoms with E-state index < -0.39 is 12.1 Å². The number of nitrogens with one attached hydrogen (secondary N) is 3. The second-order valence-corrected chi connectivity index (χ2v) is 9.11. The van der Waals surface area contributed by atoms with Crippen LogP contribution in [0.15, 0.2) is 24.3 Å². The molecule has 1 aromatic carbocycles. The molecule has 0 radical (unpaired) electrons. The van der Waals surface area contributed by atoms with Gasteiger partial charge in [0.15, 0.2) is 0 Å². The van der Waals surface area contributed by atoms with Crippen molar-refractivity contribution in [2.45, 2.75) is 51.1 Å². The summed E-state index contributed by atoms with van der Waals surface area (Å²) in [6, 6.07) is 8.00. The number of carbonyl (C=O) groups is 3. The Labute approximate surface area is 198 Å². The first-order valence-corrected chi connectivity index (χ1v) is 11.9. The topological polar surface area (TPSA) is 127 Å². The Morgan fingerprint density at radius 1 is 1.38 bits per heavy atom. The van der Waals surface area contributed by atoms with Gasteiger partial charge in [-0.05, 0) is 37.5 Å². The van der Waals surface area contributed by atoms with Crippen molar-refractivity contribution in [3.63, 3.8) is 0 Å². The summed E-state index contributed by atoms with van der Waals surface area (Å²) in [6.45, 7) is 3.17. The maximum Gasteiger partial charge on any atom is 0.271 e. The fourth-order valence-corrected chi connectivity index (χ4v) is 4.99. The monoisotopic (exact) mass is 465 g/mol. The Hall–Kier alpha value is -3.54. The van der Waals surface area contributed by atoms with Crippen molar-refractivity contribution < 1.29 is 19.1 Å². The highest BCUT2D eigenvalue weighted by molar-refractivity contribution is 6.02. The zero-order chi connectivity index (χ0) is 24.2. The zero-order valence-electron chi connectivity index (χ0n) is 19.6. The molecule has 3 heterocycles. The van der Waals surface area contributed by atoms with Gasteiger partial charge < -0.3 is 25.3 Å². The number of hydrogen-bond donors (Lipinski definition) is 3. The summed E-state index contributed by atoms with van der Waals surface area (Å²) in [5.74, 6) is -0.239. The van der Waals surface area contributed by atoms with E-state index in [1.54, 1.807) is 18.1 Å². The smallest absolute Gasteiger partial charge is 0.271 e. The number of nitriles is 1. The number of likely N-dealkylation sites (tertiary alicyclic amines) is 1. The first-order chi connectivity index (χ1) is 16.5. The van der Waals surface area contributed by atoms with Crippen LogP contribution >= 0.6 is 0 Å². The number of fused-ring (bicyclic) bond motifs is 1. The zero-order valence-corrected chi connectivity index (χ0v) is 19.6. The minimum atomic E-state index is -0.775. The molecular formula is C25H31N5O4. The number of hydrogen-bond acceptors (Lipinski definition) is 5. The summed E-state index contributed by atoms with van der Waals surface area (Å²) in [7, 11) is 1.58. The number of carbonyl (C=O) groups excluding carboxylic acids is 3. The van der Waals surface area contributed by atoms with Crippen LogP contribution in [0.5, 0.6) is 5.75 Å². The Balaban J connectivity index is 1.50. The van der Waals surface area contributed by atoms with E-state index in [0.717, 1.165) is 30.2 Å². The van der Waals surface area contributed by atoms with Crippen LogP contribution < -0.4 is 15.4 Å². The lowest BCUT2D eigenvalue weighted by molar-refractivity contribution is -0.134. The minimum Gasteiger partial charge on any atom is -0.496 e. The molecule has 2 fully saturated rings. The molecule has 1 aromatic heterocycles. The van der Waals surface area contributed by atoms with E-state index >= 15 is 0 Å². The SMILES string of the molecule is CCCC[C@H]1CN(C(=O)c2cc3c(OC)cccc3[nH]2)[C@@H]1C(=O)N[C@H](C#N)C[C@@H]1CCNC1=O. The summed E-state index contributed by atoms with van der Waals surface area (Å²) in [6.07, 6.45) is 3.73. The third-order valence-corrected chi connectivity index (χ3v) is 6.90. The molecule has 9 heteroatoms. The molecule has 0 unspecified atom stereocenters. The summed E-state index contributed by atoms with van der Waals surface area (Å²) >= 11 is 0. The van der Waals surface area contributed by atoms with Gasteiger partial charge in [-0.3, -0.25) is 14.4 Å². The van der Waals surface area contributed by atoms with Gasteiger partial charge in [0.25, 0.3) is 5.91 Å². The number of ether oxygens (including phenoxy) is 1. The predicted molar refractivity (Wildman–Crippen MR) is 126 cm³/mol. The summed E-state index contributed by atoms with van der Waals surface area (Å²) < 4.78 is 5.39. The third kappa shape index (κ3) is 4.58. The van der Waals surface area contributed by atoms with Crippen molar-refractivity contribution in [2.75, 3.05) is 20.2 Å². The number of benzene rings is 1. The number of methoxy groups -OCH3 is 1. The van der Waals surface area contributed by atoms with Crippen LogP contribution in [0.3, 0.4) is 0 Å². The predicted octanol–water partition coefficient (Wildman–Crippen LogP) is 2.34. The molecule has 0 saturated carbocycles. The highest BCUT2D eigenvalue weighted by Gasteiger charge is 2.47. The number of aromatic nitrogens is 1. The minimum absolute atomic E-state index is 0.0388. The van der Waals surface area contributed by atoms with Crippen LogP contribution in [-0.4, -0.2) is 59.9 Å². The summed E-state index contributed by atoms with van der Waals surface area (Å²) in [5.41, 5.74) is 1.18. The molecule has 3 amide bonds. The van der Waals surface area contributed by atoms with Crippen molar-refractivity contribution >= 4 is 28.6 Å². The second kappa shape index (κ2) is 10.2. The van der Waals surface area contributed by atoms with E-state index in [0.29, 0.717) is 31.0 Å². The lowest BCUT2D eigenvalue weighted by Crippen LogP contribution is -2.65. The summed E-state index contributed by atoms with van der Waals surface area (Å²) in [5, 5.41) is 16.0. The van der Waals surface area contributed by atoms with E-state index in [1.807, 2.05) is 18.2 Å².